The number of carbonyl (C=O) groups excluding carboxylic acids is 1. The molecular formula is C9H10N4O3. The summed E-state index contributed by atoms with van der Waals surface area (Å²) in [6.07, 6.45) is -0.655. The fraction of sp³-hybridized carbons (Fsp3) is 0.222. The third kappa shape index (κ3) is 1.80. The first-order valence-electron chi connectivity index (χ1n) is 4.58. The van der Waals surface area contributed by atoms with E-state index in [1.165, 1.54) is 12.1 Å². The summed E-state index contributed by atoms with van der Waals surface area (Å²) in [5, 5.41) is 28.6. The number of nitrogens with one attached hydrogen (secondary N) is 1. The van der Waals surface area contributed by atoms with Crippen molar-refractivity contribution >= 4 is 17.4 Å². The van der Waals surface area contributed by atoms with Crippen molar-refractivity contribution < 1.29 is 15.0 Å². The van der Waals surface area contributed by atoms with Crippen LogP contribution in [0.3, 0.4) is 0 Å². The number of aliphatic hydroxyl groups is 1. The van der Waals surface area contributed by atoms with E-state index in [1.54, 1.807) is 0 Å². The summed E-state index contributed by atoms with van der Waals surface area (Å²) in [4.78, 5) is 10.4. The Morgan fingerprint density at radius 3 is 3.00 bits per heavy atom. The average molecular weight is 222 g/mol. The topological polar surface area (TPSA) is 120 Å². The molecule has 1 aliphatic rings. The van der Waals surface area contributed by atoms with E-state index in [0.717, 1.165) is 0 Å². The first-order valence-corrected chi connectivity index (χ1v) is 4.58. The molecule has 2 amide bonds. The summed E-state index contributed by atoms with van der Waals surface area (Å²) in [6, 6.07) is 1.93. The van der Waals surface area contributed by atoms with Crippen molar-refractivity contribution in [3.05, 3.63) is 17.7 Å². The number of primary amides is 1. The molecule has 1 unspecified atom stereocenters. The first-order chi connectivity index (χ1) is 7.58. The predicted molar refractivity (Wildman–Crippen MR) is 55.7 cm³/mol. The van der Waals surface area contributed by atoms with Crippen LogP contribution in [0.4, 0.5) is 16.2 Å². The number of nitrogens with zero attached hydrogens (tertiary/aromatic N) is 2. The van der Waals surface area contributed by atoms with Crippen LogP contribution in [0.1, 0.15) is 11.7 Å². The van der Waals surface area contributed by atoms with Gasteiger partial charge in [-0.05, 0) is 6.07 Å². The largest absolute Gasteiger partial charge is 0.506 e. The van der Waals surface area contributed by atoms with Gasteiger partial charge in [-0.1, -0.05) is 5.11 Å². The molecule has 7 nitrogen and oxygen atoms in total. The molecule has 0 spiro atoms. The van der Waals surface area contributed by atoms with Crippen LogP contribution in [-0.4, -0.2) is 22.8 Å². The standard InChI is InChI=1S/C9H10N4O3/c10-9(16)13-12-6-1-4-5(2-7(6)14)11-3-8(4)15/h1-2,8,11,14-15H,3H2,(H2,10,16). The van der Waals surface area contributed by atoms with Gasteiger partial charge in [0, 0.05) is 23.9 Å². The highest BCUT2D eigenvalue weighted by Crippen LogP contribution is 2.38. The number of β-amino-alcohol motifs (C(OH)–C–C–N with tert-alkyl or cyclic N) is 1. The fourth-order valence-corrected chi connectivity index (χ4v) is 1.52. The van der Waals surface area contributed by atoms with Gasteiger partial charge in [0.15, 0.2) is 0 Å². The molecule has 1 aromatic carbocycles. The molecule has 0 saturated carbocycles. The van der Waals surface area contributed by atoms with Gasteiger partial charge in [-0.25, -0.2) is 4.79 Å². The summed E-state index contributed by atoms with van der Waals surface area (Å²) in [6.45, 7) is 0.380. The summed E-state index contributed by atoms with van der Waals surface area (Å²) < 4.78 is 0. The van der Waals surface area contributed by atoms with E-state index in [2.05, 4.69) is 15.5 Å². The van der Waals surface area contributed by atoms with Gasteiger partial charge in [0.05, 0.1) is 6.10 Å². The Balaban J connectivity index is 2.40. The maximum atomic E-state index is 10.4. The van der Waals surface area contributed by atoms with E-state index >= 15 is 0 Å². The van der Waals surface area contributed by atoms with Crippen LogP contribution < -0.4 is 11.1 Å². The van der Waals surface area contributed by atoms with Crippen molar-refractivity contribution in [2.75, 3.05) is 11.9 Å². The number of urea groups is 1. The normalized spacial score (nSPS) is 18.4. The van der Waals surface area contributed by atoms with Crippen LogP contribution in [-0.2, 0) is 0 Å². The highest BCUT2D eigenvalue weighted by molar-refractivity contribution is 5.73. The van der Waals surface area contributed by atoms with Crippen LogP contribution in [0, 0.1) is 0 Å². The van der Waals surface area contributed by atoms with Crippen LogP contribution in [0.2, 0.25) is 0 Å². The molecule has 1 atom stereocenters. The zero-order valence-electron chi connectivity index (χ0n) is 8.21. The number of hydrogen-bond acceptors (Lipinski definition) is 5. The lowest BCUT2D eigenvalue weighted by Gasteiger charge is -2.04. The zero-order chi connectivity index (χ0) is 11.7. The van der Waals surface area contributed by atoms with Gasteiger partial charge >= 0.3 is 6.03 Å². The second-order valence-corrected chi connectivity index (χ2v) is 3.36. The smallest absolute Gasteiger partial charge is 0.356 e. The van der Waals surface area contributed by atoms with E-state index in [9.17, 15) is 15.0 Å². The van der Waals surface area contributed by atoms with Gasteiger partial charge in [0.25, 0.3) is 0 Å². The van der Waals surface area contributed by atoms with E-state index < -0.39 is 12.1 Å². The highest BCUT2D eigenvalue weighted by atomic mass is 16.3. The van der Waals surface area contributed by atoms with E-state index in [1.807, 2.05) is 0 Å². The monoisotopic (exact) mass is 222 g/mol. The number of amides is 2. The number of anilines is 1. The molecule has 1 aromatic rings. The number of rotatable bonds is 1. The lowest BCUT2D eigenvalue weighted by Crippen LogP contribution is -2.01. The quantitative estimate of drug-likeness (QED) is 0.530. The van der Waals surface area contributed by atoms with Crippen molar-refractivity contribution in [1.29, 1.82) is 0 Å². The van der Waals surface area contributed by atoms with E-state index in [4.69, 9.17) is 5.73 Å². The second-order valence-electron chi connectivity index (χ2n) is 3.36. The molecule has 7 heteroatoms. The van der Waals surface area contributed by atoms with Crippen LogP contribution in [0.15, 0.2) is 22.4 Å². The Bertz CT molecular complexity index is 472. The molecule has 0 aliphatic carbocycles. The number of carbonyl (C=O) groups is 1. The molecule has 0 aromatic heterocycles. The van der Waals surface area contributed by atoms with E-state index in [0.29, 0.717) is 17.8 Å². The lowest BCUT2D eigenvalue weighted by molar-refractivity contribution is 0.199. The van der Waals surface area contributed by atoms with Gasteiger partial charge in [0.2, 0.25) is 0 Å². The Labute approximate surface area is 90.6 Å². The highest BCUT2D eigenvalue weighted by Gasteiger charge is 2.21. The number of phenolic OH excluding ortho intramolecular Hbond substituents is 1. The van der Waals surface area contributed by atoms with Gasteiger partial charge in [0.1, 0.15) is 11.4 Å². The number of azo groups is 1. The second kappa shape index (κ2) is 3.78. The van der Waals surface area contributed by atoms with Crippen molar-refractivity contribution in [2.24, 2.45) is 16.0 Å². The SMILES string of the molecule is NC(=O)N=Nc1cc2c(cc1O)NCC2O. The van der Waals surface area contributed by atoms with Crippen LogP contribution >= 0.6 is 0 Å². The van der Waals surface area contributed by atoms with Crippen LogP contribution in [0.5, 0.6) is 5.75 Å². The number of nitrogens with two attached hydrogens (primary N) is 1. The van der Waals surface area contributed by atoms with Gasteiger partial charge < -0.3 is 21.3 Å². The van der Waals surface area contributed by atoms with Gasteiger partial charge in [-0.3, -0.25) is 0 Å². The number of phenols is 1. The minimum atomic E-state index is -0.946. The molecule has 16 heavy (non-hydrogen) atoms. The molecule has 2 rings (SSSR count). The van der Waals surface area contributed by atoms with Gasteiger partial charge in [-0.15, -0.1) is 5.11 Å². The molecule has 0 radical (unpaired) electrons. The maximum Gasteiger partial charge on any atom is 0.356 e. The molecular weight excluding hydrogens is 212 g/mol. The molecule has 1 aliphatic heterocycles. The Kier molecular flexibility index (Phi) is 2.45. The number of aromatic hydroxyl groups is 1. The number of hydrogen-bond donors (Lipinski definition) is 4. The van der Waals surface area contributed by atoms with Crippen molar-refractivity contribution in [3.8, 4) is 5.75 Å². The molecule has 1 heterocycles. The van der Waals surface area contributed by atoms with Crippen LogP contribution in [0.25, 0.3) is 0 Å². The average Bonchev–Trinajstić information content (AvgIpc) is 2.56. The molecule has 0 fully saturated rings. The third-order valence-electron chi connectivity index (χ3n) is 2.25. The molecule has 84 valence electrons. The number of fused-ring (bicyclic) bond motifs is 1. The predicted octanol–water partition coefficient (Wildman–Crippen LogP) is 1.01. The molecule has 0 saturated heterocycles. The molecule has 0 bridgehead atoms. The minimum Gasteiger partial charge on any atom is -0.506 e. The summed E-state index contributed by atoms with van der Waals surface area (Å²) >= 11 is 0. The van der Waals surface area contributed by atoms with Gasteiger partial charge in [-0.2, -0.15) is 0 Å². The summed E-state index contributed by atoms with van der Waals surface area (Å²) in [5.41, 5.74) is 6.13. The summed E-state index contributed by atoms with van der Waals surface area (Å²) in [5.74, 6) is -0.134. The minimum absolute atomic E-state index is 0.0975. The number of benzene rings is 1. The van der Waals surface area contributed by atoms with Crippen molar-refractivity contribution in [3.63, 3.8) is 0 Å². The Morgan fingerprint density at radius 2 is 2.31 bits per heavy atom. The van der Waals surface area contributed by atoms with Crippen molar-refractivity contribution in [1.82, 2.24) is 0 Å². The molecule has 5 N–H and O–H groups in total. The summed E-state index contributed by atoms with van der Waals surface area (Å²) in [7, 11) is 0. The fourth-order valence-electron chi connectivity index (χ4n) is 1.52. The Hall–Kier alpha value is -2.15. The van der Waals surface area contributed by atoms with Crippen molar-refractivity contribution in [2.45, 2.75) is 6.10 Å². The first kappa shape index (κ1) is 10.4. The number of aliphatic hydroxyl groups excluding tert-OH is 1. The lowest BCUT2D eigenvalue weighted by atomic mass is 10.1. The third-order valence-corrected chi connectivity index (χ3v) is 2.25. The maximum absolute atomic E-state index is 10.4. The zero-order valence-corrected chi connectivity index (χ0v) is 8.21. The van der Waals surface area contributed by atoms with E-state index in [-0.39, 0.29) is 11.4 Å². The Morgan fingerprint density at radius 1 is 1.56 bits per heavy atom.